The molecule has 0 saturated heterocycles. The molecule has 3 N–H and O–H groups in total. The lowest BCUT2D eigenvalue weighted by molar-refractivity contribution is -0.422. The van der Waals surface area contributed by atoms with E-state index in [1.54, 1.807) is 0 Å². The van der Waals surface area contributed by atoms with Crippen LogP contribution >= 0.6 is 0 Å². The number of nitro groups is 4. The van der Waals surface area contributed by atoms with E-state index in [4.69, 9.17) is 5.73 Å². The number of carbonyl (C=O) groups is 2. The summed E-state index contributed by atoms with van der Waals surface area (Å²) in [5.74, 6) is -2.12. The highest BCUT2D eigenvalue weighted by Crippen LogP contribution is 2.30. The molecule has 0 aliphatic carbocycles. The predicted molar refractivity (Wildman–Crippen MR) is 131 cm³/mol. The number of hydrogen-bond donors (Lipinski definition) is 2. The summed E-state index contributed by atoms with van der Waals surface area (Å²) in [5, 5.41) is 47.9. The lowest BCUT2D eigenvalue weighted by Gasteiger charge is -2.21. The van der Waals surface area contributed by atoms with Crippen LogP contribution in [0.3, 0.4) is 0 Å². The Hall–Kier alpha value is -4.90. The van der Waals surface area contributed by atoms with E-state index in [9.17, 15) is 50.0 Å². The van der Waals surface area contributed by atoms with Gasteiger partial charge < -0.3 is 11.1 Å². The molecule has 2 aromatic rings. The molecule has 0 spiro atoms. The van der Waals surface area contributed by atoms with Crippen molar-refractivity contribution >= 4 is 34.6 Å². The number of benzene rings is 2. The second-order valence-corrected chi connectivity index (χ2v) is 7.80. The van der Waals surface area contributed by atoms with E-state index in [0.717, 1.165) is 37.1 Å². The number of nitrogens with one attached hydrogen (secondary N) is 1. The zero-order chi connectivity index (χ0) is 28.4. The molecular formula is C21H23N7O10. The van der Waals surface area contributed by atoms with Crippen molar-refractivity contribution in [1.29, 1.82) is 0 Å². The van der Waals surface area contributed by atoms with Gasteiger partial charge in [-0.2, -0.15) is 0 Å². The molecule has 2 rings (SSSR count). The van der Waals surface area contributed by atoms with Crippen molar-refractivity contribution in [3.05, 3.63) is 88.0 Å². The van der Waals surface area contributed by atoms with Gasteiger partial charge in [0, 0.05) is 41.9 Å². The third-order valence-electron chi connectivity index (χ3n) is 5.26. The highest BCUT2D eigenvalue weighted by Gasteiger charge is 2.32. The summed E-state index contributed by atoms with van der Waals surface area (Å²) in [6.07, 6.45) is 1.79. The van der Waals surface area contributed by atoms with Crippen LogP contribution < -0.4 is 11.1 Å². The second-order valence-electron chi connectivity index (χ2n) is 7.80. The van der Waals surface area contributed by atoms with Gasteiger partial charge in [0.25, 0.3) is 11.8 Å². The van der Waals surface area contributed by atoms with Gasteiger partial charge in [-0.3, -0.25) is 54.9 Å². The SMILES string of the molecule is NCCCCNCCCN(C(=O)c1ccc([N+](=O)[O-])c([N+](=O)[O-])c1)C(=O)c1ccc([N+](=O)[O-])c([N+](=O)[O-])c1. The maximum Gasteiger partial charge on any atom is 0.346 e. The first-order valence-corrected chi connectivity index (χ1v) is 11.1. The van der Waals surface area contributed by atoms with E-state index in [1.165, 1.54) is 0 Å². The average molecular weight is 533 g/mol. The standard InChI is InChI=1S/C21H23N7O10/c22-8-1-2-9-23-10-3-11-24(20(29)14-4-6-16(25(31)32)18(12-14)27(35)36)21(30)15-5-7-17(26(33)34)19(13-15)28(37)38/h4-7,12-13,23H,1-3,8-11,22H2. The van der Waals surface area contributed by atoms with Crippen LogP contribution in [0.15, 0.2) is 36.4 Å². The van der Waals surface area contributed by atoms with Crippen molar-refractivity contribution in [2.45, 2.75) is 19.3 Å². The van der Waals surface area contributed by atoms with Crippen LogP contribution in [-0.4, -0.2) is 62.6 Å². The normalized spacial score (nSPS) is 10.6. The van der Waals surface area contributed by atoms with Crippen molar-refractivity contribution in [3.8, 4) is 0 Å². The number of rotatable bonds is 14. The van der Waals surface area contributed by atoms with Crippen LogP contribution in [0.2, 0.25) is 0 Å². The van der Waals surface area contributed by atoms with Gasteiger partial charge in [0.1, 0.15) is 0 Å². The quantitative estimate of drug-likeness (QED) is 0.154. The lowest BCUT2D eigenvalue weighted by Crippen LogP contribution is -2.39. The van der Waals surface area contributed by atoms with E-state index < -0.39 is 65.4 Å². The molecule has 0 heterocycles. The van der Waals surface area contributed by atoms with Crippen LogP contribution in [0, 0.1) is 40.5 Å². The molecule has 0 bridgehead atoms. The first-order valence-electron chi connectivity index (χ1n) is 11.1. The zero-order valence-corrected chi connectivity index (χ0v) is 19.8. The molecule has 0 unspecified atom stereocenters. The Labute approximate surface area is 213 Å². The fourth-order valence-corrected chi connectivity index (χ4v) is 3.40. The molecule has 0 aromatic heterocycles. The van der Waals surface area contributed by atoms with Gasteiger partial charge in [-0.1, -0.05) is 0 Å². The number of amides is 2. The van der Waals surface area contributed by atoms with Gasteiger partial charge in [0.2, 0.25) is 0 Å². The number of nitrogens with two attached hydrogens (primary N) is 1. The van der Waals surface area contributed by atoms with Gasteiger partial charge in [-0.05, 0) is 51.0 Å². The van der Waals surface area contributed by atoms with Crippen molar-refractivity contribution in [3.63, 3.8) is 0 Å². The fourth-order valence-electron chi connectivity index (χ4n) is 3.40. The largest absolute Gasteiger partial charge is 0.346 e. The third-order valence-corrected chi connectivity index (χ3v) is 5.26. The summed E-state index contributed by atoms with van der Waals surface area (Å²) >= 11 is 0. The monoisotopic (exact) mass is 533 g/mol. The molecule has 38 heavy (non-hydrogen) atoms. The van der Waals surface area contributed by atoms with Crippen LogP contribution in [0.4, 0.5) is 22.7 Å². The molecule has 2 aromatic carbocycles. The topological polar surface area (TPSA) is 248 Å². The Balaban J connectivity index is 2.43. The van der Waals surface area contributed by atoms with Gasteiger partial charge in [0.15, 0.2) is 0 Å². The summed E-state index contributed by atoms with van der Waals surface area (Å²) in [4.78, 5) is 67.9. The minimum absolute atomic E-state index is 0.213. The van der Waals surface area contributed by atoms with E-state index in [0.29, 0.717) is 36.7 Å². The molecule has 0 atom stereocenters. The van der Waals surface area contributed by atoms with Gasteiger partial charge in [-0.15, -0.1) is 0 Å². The van der Waals surface area contributed by atoms with Crippen molar-refractivity contribution in [2.24, 2.45) is 5.73 Å². The highest BCUT2D eigenvalue weighted by atomic mass is 16.6. The Morgan fingerprint density at radius 1 is 0.684 bits per heavy atom. The zero-order valence-electron chi connectivity index (χ0n) is 19.8. The summed E-state index contributed by atoms with van der Waals surface area (Å²) in [5.41, 5.74) is 0.930. The Kier molecular flexibility index (Phi) is 10.4. The van der Waals surface area contributed by atoms with E-state index in [1.807, 2.05) is 0 Å². The van der Waals surface area contributed by atoms with Crippen LogP contribution in [0.25, 0.3) is 0 Å². The molecule has 0 aliphatic rings. The summed E-state index contributed by atoms with van der Waals surface area (Å²) in [7, 11) is 0. The van der Waals surface area contributed by atoms with Crippen LogP contribution in [0.1, 0.15) is 40.0 Å². The van der Waals surface area contributed by atoms with E-state index >= 15 is 0 Å². The fraction of sp³-hybridized carbons (Fsp3) is 0.333. The van der Waals surface area contributed by atoms with Gasteiger partial charge in [-0.25, -0.2) is 0 Å². The number of nitro benzene ring substituents is 4. The number of imide groups is 1. The molecule has 202 valence electrons. The molecule has 17 nitrogen and oxygen atoms in total. The maximum absolute atomic E-state index is 13.3. The Morgan fingerprint density at radius 2 is 1.11 bits per heavy atom. The predicted octanol–water partition coefficient (Wildman–Crippen LogP) is 2.32. The van der Waals surface area contributed by atoms with E-state index in [-0.39, 0.29) is 13.0 Å². The summed E-state index contributed by atoms with van der Waals surface area (Å²) in [6, 6.07) is 4.70. The van der Waals surface area contributed by atoms with Crippen LogP contribution in [-0.2, 0) is 0 Å². The minimum Gasteiger partial charge on any atom is -0.330 e. The number of hydrogen-bond acceptors (Lipinski definition) is 12. The minimum atomic E-state index is -1.06. The molecule has 2 amide bonds. The summed E-state index contributed by atoms with van der Waals surface area (Å²) in [6.45, 7) is 1.24. The number of nitrogens with zero attached hydrogens (tertiary/aromatic N) is 5. The van der Waals surface area contributed by atoms with Crippen molar-refractivity contribution in [1.82, 2.24) is 10.2 Å². The molecule has 0 radical (unpaired) electrons. The Morgan fingerprint density at radius 3 is 1.50 bits per heavy atom. The second kappa shape index (κ2) is 13.4. The molecule has 17 heteroatoms. The van der Waals surface area contributed by atoms with Gasteiger partial charge >= 0.3 is 22.7 Å². The maximum atomic E-state index is 13.3. The third kappa shape index (κ3) is 7.31. The molecule has 0 aliphatic heterocycles. The van der Waals surface area contributed by atoms with Gasteiger partial charge in [0.05, 0.1) is 19.7 Å². The molecular weight excluding hydrogens is 510 g/mol. The lowest BCUT2D eigenvalue weighted by atomic mass is 10.1. The van der Waals surface area contributed by atoms with E-state index in [2.05, 4.69) is 5.32 Å². The first kappa shape index (κ1) is 29.3. The Bertz CT molecular complexity index is 1180. The molecule has 0 fully saturated rings. The first-order chi connectivity index (χ1) is 18.0. The number of carbonyl (C=O) groups excluding carboxylic acids is 2. The highest BCUT2D eigenvalue weighted by molar-refractivity contribution is 6.11. The average Bonchev–Trinajstić information content (AvgIpc) is 2.88. The van der Waals surface area contributed by atoms with Crippen LogP contribution in [0.5, 0.6) is 0 Å². The smallest absolute Gasteiger partial charge is 0.330 e. The molecule has 0 saturated carbocycles. The number of unbranched alkanes of at least 4 members (excludes halogenated alkanes) is 1. The summed E-state index contributed by atoms with van der Waals surface area (Å²) < 4.78 is 0. The van der Waals surface area contributed by atoms with Crippen molar-refractivity contribution in [2.75, 3.05) is 26.2 Å². The van der Waals surface area contributed by atoms with Crippen molar-refractivity contribution < 1.29 is 29.3 Å².